The van der Waals surface area contributed by atoms with Gasteiger partial charge in [-0.3, -0.25) is 9.69 Å². The van der Waals surface area contributed by atoms with Gasteiger partial charge in [-0.1, -0.05) is 0 Å². The lowest BCUT2D eigenvalue weighted by molar-refractivity contribution is -0.119. The smallest absolute Gasteiger partial charge is 0.410 e. The zero-order valence-corrected chi connectivity index (χ0v) is 21.5. The second-order valence-corrected chi connectivity index (χ2v) is 10.5. The number of nitrogens with two attached hydrogens (primary N) is 1. The third-order valence-electron chi connectivity index (χ3n) is 7.31. The molecule has 0 bridgehead atoms. The van der Waals surface area contributed by atoms with Crippen LogP contribution in [0.25, 0.3) is 16.8 Å². The zero-order valence-electron chi connectivity index (χ0n) is 21.5. The standard InChI is InChI=1S/C26H32N8O4/c1-26(7-10-31(17-26)16-21(27)35)38-25(36)33-13-11-32(12-14-33)22-6-9-34-23(30-22)20(15-29-34)19-3-2-8-28-24(19)37-18-4-5-18/h2-3,6,8-9,15,18H,4-5,7,10-14,16-17H2,1H3,(H2,27,35)/t26-/m1/s1. The number of amides is 2. The molecule has 3 fully saturated rings. The summed E-state index contributed by atoms with van der Waals surface area (Å²) < 4.78 is 13.7. The minimum absolute atomic E-state index is 0.178. The number of pyridine rings is 1. The van der Waals surface area contributed by atoms with E-state index in [2.05, 4.69) is 15.0 Å². The molecule has 6 rings (SSSR count). The number of primary amides is 1. The summed E-state index contributed by atoms with van der Waals surface area (Å²) in [6.07, 6.45) is 8.13. The molecule has 0 unspecified atom stereocenters. The van der Waals surface area contributed by atoms with Crippen LogP contribution in [0, 0.1) is 0 Å². The molecule has 2 aliphatic heterocycles. The van der Waals surface area contributed by atoms with E-state index in [1.165, 1.54) is 0 Å². The number of ether oxygens (including phenoxy) is 2. The number of hydrogen-bond donors (Lipinski definition) is 1. The fraction of sp³-hybridized carbons (Fsp3) is 0.500. The van der Waals surface area contributed by atoms with Gasteiger partial charge in [-0.25, -0.2) is 19.3 Å². The Bertz CT molecular complexity index is 1350. The van der Waals surface area contributed by atoms with E-state index >= 15 is 0 Å². The molecule has 3 aromatic rings. The Morgan fingerprint density at radius 2 is 1.95 bits per heavy atom. The fourth-order valence-electron chi connectivity index (χ4n) is 5.12. The number of piperazine rings is 1. The molecule has 0 spiro atoms. The summed E-state index contributed by atoms with van der Waals surface area (Å²) >= 11 is 0. The lowest BCUT2D eigenvalue weighted by Crippen LogP contribution is -2.51. The third-order valence-corrected chi connectivity index (χ3v) is 7.31. The average molecular weight is 521 g/mol. The molecule has 0 radical (unpaired) electrons. The van der Waals surface area contributed by atoms with Gasteiger partial charge in [-0.15, -0.1) is 0 Å². The highest BCUT2D eigenvalue weighted by molar-refractivity contribution is 5.80. The molecule has 3 aliphatic rings. The van der Waals surface area contributed by atoms with Crippen molar-refractivity contribution in [2.24, 2.45) is 5.73 Å². The molecular weight excluding hydrogens is 488 g/mol. The minimum atomic E-state index is -0.622. The Kier molecular flexibility index (Phi) is 6.26. The van der Waals surface area contributed by atoms with E-state index in [9.17, 15) is 9.59 Å². The van der Waals surface area contributed by atoms with Gasteiger partial charge in [0.2, 0.25) is 11.8 Å². The van der Waals surface area contributed by atoms with E-state index in [0.29, 0.717) is 51.6 Å². The number of aromatic nitrogens is 4. The summed E-state index contributed by atoms with van der Waals surface area (Å²) in [6.45, 7) is 5.60. The van der Waals surface area contributed by atoms with Crippen LogP contribution in [0.3, 0.4) is 0 Å². The molecule has 1 saturated carbocycles. The molecule has 200 valence electrons. The number of anilines is 1. The van der Waals surface area contributed by atoms with Crippen LogP contribution in [0.1, 0.15) is 26.2 Å². The van der Waals surface area contributed by atoms with Gasteiger partial charge in [0, 0.05) is 63.6 Å². The summed E-state index contributed by atoms with van der Waals surface area (Å²) in [5, 5.41) is 4.48. The van der Waals surface area contributed by atoms with Gasteiger partial charge in [0.25, 0.3) is 0 Å². The van der Waals surface area contributed by atoms with E-state index in [1.54, 1.807) is 21.8 Å². The summed E-state index contributed by atoms with van der Waals surface area (Å²) in [4.78, 5) is 39.3. The van der Waals surface area contributed by atoms with Crippen LogP contribution in [0.4, 0.5) is 10.6 Å². The number of fused-ring (bicyclic) bond motifs is 1. The SMILES string of the molecule is C[C@@]1(OC(=O)N2CCN(c3ccn4ncc(-c5cccnc5OC5CC5)c4n3)CC2)CCN(CC(N)=O)C1. The third kappa shape index (κ3) is 5.08. The van der Waals surface area contributed by atoms with Crippen LogP contribution >= 0.6 is 0 Å². The van der Waals surface area contributed by atoms with Gasteiger partial charge in [-0.2, -0.15) is 5.10 Å². The Labute approximate surface area is 220 Å². The summed E-state index contributed by atoms with van der Waals surface area (Å²) in [7, 11) is 0. The normalized spacial score (nSPS) is 22.1. The predicted molar refractivity (Wildman–Crippen MR) is 139 cm³/mol. The van der Waals surface area contributed by atoms with Gasteiger partial charge in [-0.05, 0) is 38.0 Å². The number of nitrogens with zero attached hydrogens (tertiary/aromatic N) is 7. The van der Waals surface area contributed by atoms with Crippen LogP contribution in [0.5, 0.6) is 5.88 Å². The van der Waals surface area contributed by atoms with Crippen molar-refractivity contribution in [2.45, 2.75) is 37.9 Å². The van der Waals surface area contributed by atoms with Crippen molar-refractivity contribution in [1.29, 1.82) is 0 Å². The molecule has 1 atom stereocenters. The maximum atomic E-state index is 12.9. The quantitative estimate of drug-likeness (QED) is 0.493. The minimum Gasteiger partial charge on any atom is -0.474 e. The molecule has 5 heterocycles. The fourth-order valence-corrected chi connectivity index (χ4v) is 5.12. The van der Waals surface area contributed by atoms with Crippen molar-refractivity contribution in [1.82, 2.24) is 29.4 Å². The molecule has 0 aromatic carbocycles. The van der Waals surface area contributed by atoms with Crippen molar-refractivity contribution in [2.75, 3.05) is 50.7 Å². The van der Waals surface area contributed by atoms with Crippen LogP contribution in [0.15, 0.2) is 36.8 Å². The molecule has 2 N–H and O–H groups in total. The molecule has 38 heavy (non-hydrogen) atoms. The van der Waals surface area contributed by atoms with Crippen molar-refractivity contribution >= 4 is 23.5 Å². The molecule has 12 nitrogen and oxygen atoms in total. The molecule has 2 saturated heterocycles. The van der Waals surface area contributed by atoms with Crippen molar-refractivity contribution < 1.29 is 19.1 Å². The monoisotopic (exact) mass is 520 g/mol. The highest BCUT2D eigenvalue weighted by atomic mass is 16.6. The number of carbonyl (C=O) groups excluding carboxylic acids is 2. The van der Waals surface area contributed by atoms with Gasteiger partial charge in [0.05, 0.1) is 18.3 Å². The molecule has 12 heteroatoms. The number of hydrogen-bond acceptors (Lipinski definition) is 9. The Morgan fingerprint density at radius 1 is 1.13 bits per heavy atom. The van der Waals surface area contributed by atoms with Gasteiger partial charge < -0.3 is 25.0 Å². The summed E-state index contributed by atoms with van der Waals surface area (Å²) in [6, 6.07) is 5.82. The second kappa shape index (κ2) is 9.75. The van der Waals surface area contributed by atoms with E-state index in [-0.39, 0.29) is 24.6 Å². The maximum absolute atomic E-state index is 12.9. The van der Waals surface area contributed by atoms with Gasteiger partial charge in [0.15, 0.2) is 5.65 Å². The molecule has 1 aliphatic carbocycles. The second-order valence-electron chi connectivity index (χ2n) is 10.5. The summed E-state index contributed by atoms with van der Waals surface area (Å²) in [5.74, 6) is 1.06. The Morgan fingerprint density at radius 3 is 2.71 bits per heavy atom. The zero-order chi connectivity index (χ0) is 26.3. The van der Waals surface area contributed by atoms with E-state index in [0.717, 1.165) is 35.4 Å². The van der Waals surface area contributed by atoms with Crippen LogP contribution in [-0.2, 0) is 9.53 Å². The highest BCUT2D eigenvalue weighted by Crippen LogP contribution is 2.35. The van der Waals surface area contributed by atoms with Gasteiger partial charge in [0.1, 0.15) is 17.5 Å². The number of likely N-dealkylation sites (tertiary alicyclic amines) is 1. The summed E-state index contributed by atoms with van der Waals surface area (Å²) in [5.41, 5.74) is 7.16. The van der Waals surface area contributed by atoms with E-state index in [1.807, 2.05) is 36.2 Å². The largest absolute Gasteiger partial charge is 0.474 e. The van der Waals surface area contributed by atoms with Crippen LogP contribution < -0.4 is 15.4 Å². The van der Waals surface area contributed by atoms with Crippen molar-refractivity contribution in [3.05, 3.63) is 36.8 Å². The first-order valence-corrected chi connectivity index (χ1v) is 13.1. The number of carbonyl (C=O) groups is 2. The lowest BCUT2D eigenvalue weighted by Gasteiger charge is -2.36. The van der Waals surface area contributed by atoms with Crippen molar-refractivity contribution in [3.63, 3.8) is 0 Å². The van der Waals surface area contributed by atoms with E-state index < -0.39 is 5.60 Å². The molecule has 3 aromatic heterocycles. The average Bonchev–Trinajstić information content (AvgIpc) is 3.51. The van der Waals surface area contributed by atoms with Gasteiger partial charge >= 0.3 is 6.09 Å². The van der Waals surface area contributed by atoms with Crippen molar-refractivity contribution in [3.8, 4) is 17.0 Å². The van der Waals surface area contributed by atoms with Crippen LogP contribution in [0.2, 0.25) is 0 Å². The van der Waals surface area contributed by atoms with Crippen LogP contribution in [-0.4, -0.2) is 98.9 Å². The molecule has 2 amide bonds. The predicted octanol–water partition coefficient (Wildman–Crippen LogP) is 1.54. The Hall–Kier alpha value is -3.93. The Balaban J connectivity index is 1.11. The first kappa shape index (κ1) is 24.4. The topological polar surface area (TPSA) is 131 Å². The lowest BCUT2D eigenvalue weighted by atomic mass is 10.1. The number of rotatable bonds is 7. The highest BCUT2D eigenvalue weighted by Gasteiger charge is 2.39. The molecular formula is C26H32N8O4. The first-order valence-electron chi connectivity index (χ1n) is 13.1. The first-order chi connectivity index (χ1) is 18.4. The van der Waals surface area contributed by atoms with E-state index in [4.69, 9.17) is 20.2 Å². The maximum Gasteiger partial charge on any atom is 0.410 e.